The molecule has 0 saturated heterocycles. The van der Waals surface area contributed by atoms with Crippen LogP contribution in [0.3, 0.4) is 0 Å². The van der Waals surface area contributed by atoms with Gasteiger partial charge in [-0.2, -0.15) is 5.10 Å². The molecule has 0 unspecified atom stereocenters. The van der Waals surface area contributed by atoms with Crippen molar-refractivity contribution >= 4 is 29.2 Å². The molecule has 3 N–H and O–H groups in total. The molecular weight excluding hydrogens is 210 g/mol. The summed E-state index contributed by atoms with van der Waals surface area (Å²) < 4.78 is 0. The summed E-state index contributed by atoms with van der Waals surface area (Å²) in [6.07, 6.45) is 3.32. The van der Waals surface area contributed by atoms with Crippen LogP contribution in [0.25, 0.3) is 0 Å². The van der Waals surface area contributed by atoms with Crippen molar-refractivity contribution in [1.29, 1.82) is 0 Å². The molecule has 0 aliphatic rings. The van der Waals surface area contributed by atoms with Gasteiger partial charge in [0.05, 0.1) is 23.8 Å². The molecule has 1 heterocycles. The molecule has 5 nitrogen and oxygen atoms in total. The van der Waals surface area contributed by atoms with E-state index in [4.69, 9.17) is 5.73 Å². The van der Waals surface area contributed by atoms with Crippen LogP contribution in [0, 0.1) is 0 Å². The summed E-state index contributed by atoms with van der Waals surface area (Å²) >= 11 is 4.59. The number of hydrazone groups is 1. The third-order valence-corrected chi connectivity index (χ3v) is 1.75. The molecule has 0 saturated carbocycles. The van der Waals surface area contributed by atoms with E-state index in [2.05, 4.69) is 27.7 Å². The van der Waals surface area contributed by atoms with Crippen LogP contribution in [0.5, 0.6) is 0 Å². The topological polar surface area (TPSA) is 66.5 Å². The van der Waals surface area contributed by atoms with E-state index in [0.29, 0.717) is 0 Å². The van der Waals surface area contributed by atoms with Crippen molar-refractivity contribution in [2.45, 2.75) is 0 Å². The van der Waals surface area contributed by atoms with E-state index in [-0.39, 0.29) is 5.11 Å². The maximum Gasteiger partial charge on any atom is 0.184 e. The zero-order valence-corrected chi connectivity index (χ0v) is 9.45. The smallest absolute Gasteiger partial charge is 0.184 e. The maximum atomic E-state index is 5.20. The Kier molecular flexibility index (Phi) is 3.99. The van der Waals surface area contributed by atoms with Crippen molar-refractivity contribution in [3.8, 4) is 0 Å². The Balaban J connectivity index is 2.64. The average Bonchev–Trinajstić information content (AvgIpc) is 2.18. The molecule has 0 atom stereocenters. The van der Waals surface area contributed by atoms with Crippen molar-refractivity contribution in [3.63, 3.8) is 0 Å². The normalized spacial score (nSPS) is 10.3. The number of aromatic nitrogens is 1. The monoisotopic (exact) mass is 223 g/mol. The number of anilines is 1. The zero-order chi connectivity index (χ0) is 11.3. The number of nitrogens with two attached hydrogens (primary N) is 1. The molecule has 15 heavy (non-hydrogen) atoms. The maximum absolute atomic E-state index is 5.20. The molecule has 1 rings (SSSR count). The largest absolute Gasteiger partial charge is 0.376 e. The molecule has 0 aliphatic carbocycles. The van der Waals surface area contributed by atoms with E-state index < -0.39 is 0 Å². The number of thiocarbonyl (C=S) groups is 1. The number of hydrogen-bond donors (Lipinski definition) is 2. The molecule has 0 aromatic carbocycles. The van der Waals surface area contributed by atoms with Crippen molar-refractivity contribution in [2.75, 3.05) is 19.0 Å². The van der Waals surface area contributed by atoms with Gasteiger partial charge in [-0.15, -0.1) is 0 Å². The first-order valence-electron chi connectivity index (χ1n) is 4.31. The van der Waals surface area contributed by atoms with E-state index in [1.165, 1.54) is 0 Å². The van der Waals surface area contributed by atoms with Crippen LogP contribution >= 0.6 is 12.2 Å². The van der Waals surface area contributed by atoms with Gasteiger partial charge >= 0.3 is 0 Å². The predicted molar refractivity (Wildman–Crippen MR) is 66.1 cm³/mol. The van der Waals surface area contributed by atoms with Crippen LogP contribution in [0.1, 0.15) is 5.69 Å². The van der Waals surface area contributed by atoms with Crippen molar-refractivity contribution in [2.24, 2.45) is 10.8 Å². The first kappa shape index (κ1) is 11.4. The Bertz CT molecular complexity index is 357. The molecule has 1 aromatic heterocycles. The van der Waals surface area contributed by atoms with Gasteiger partial charge in [0.1, 0.15) is 0 Å². The number of nitrogens with zero attached hydrogens (tertiary/aromatic N) is 3. The van der Waals surface area contributed by atoms with E-state index >= 15 is 0 Å². The first-order valence-corrected chi connectivity index (χ1v) is 4.72. The van der Waals surface area contributed by atoms with E-state index in [0.717, 1.165) is 11.4 Å². The Morgan fingerprint density at radius 3 is 2.80 bits per heavy atom. The lowest BCUT2D eigenvalue weighted by Crippen LogP contribution is -2.24. The van der Waals surface area contributed by atoms with Gasteiger partial charge in [-0.25, -0.2) is 0 Å². The highest BCUT2D eigenvalue weighted by molar-refractivity contribution is 7.80. The summed E-state index contributed by atoms with van der Waals surface area (Å²) in [6, 6.07) is 3.81. The molecule has 80 valence electrons. The molecule has 0 spiro atoms. The van der Waals surface area contributed by atoms with Crippen molar-refractivity contribution in [3.05, 3.63) is 24.0 Å². The van der Waals surface area contributed by atoms with Gasteiger partial charge in [-0.05, 0) is 24.4 Å². The Labute approximate surface area is 94.0 Å². The highest BCUT2D eigenvalue weighted by atomic mass is 32.1. The highest BCUT2D eigenvalue weighted by Gasteiger charge is 1.94. The van der Waals surface area contributed by atoms with E-state index in [1.54, 1.807) is 12.4 Å². The quantitative estimate of drug-likeness (QED) is 0.439. The fourth-order valence-corrected chi connectivity index (χ4v) is 0.953. The molecule has 0 radical (unpaired) electrons. The lowest BCUT2D eigenvalue weighted by molar-refractivity contribution is 1.04. The van der Waals surface area contributed by atoms with Crippen LogP contribution in [0.15, 0.2) is 23.4 Å². The predicted octanol–water partition coefficient (Wildman–Crippen LogP) is 0.315. The molecule has 6 heteroatoms. The van der Waals surface area contributed by atoms with Crippen LogP contribution in [-0.4, -0.2) is 30.4 Å². The number of rotatable bonds is 3. The summed E-state index contributed by atoms with van der Waals surface area (Å²) in [4.78, 5) is 6.16. The minimum atomic E-state index is 0.135. The van der Waals surface area contributed by atoms with Gasteiger partial charge in [0.15, 0.2) is 5.11 Å². The minimum Gasteiger partial charge on any atom is -0.376 e. The van der Waals surface area contributed by atoms with Gasteiger partial charge in [0.2, 0.25) is 0 Å². The average molecular weight is 223 g/mol. The van der Waals surface area contributed by atoms with E-state index in [1.807, 2.05) is 31.1 Å². The van der Waals surface area contributed by atoms with E-state index in [9.17, 15) is 0 Å². The summed E-state index contributed by atoms with van der Waals surface area (Å²) in [5.74, 6) is 0. The standard InChI is InChI=1S/C9H13N5S/c1-14(2)8-4-3-7(11-6-8)5-12-13-9(10)15/h3-6H,1-2H3,(H3,10,13,15)/b12-5+. The molecule has 0 aliphatic heterocycles. The third-order valence-electron chi connectivity index (χ3n) is 1.66. The van der Waals surface area contributed by atoms with Crippen LogP contribution < -0.4 is 16.1 Å². The second kappa shape index (κ2) is 5.26. The lowest BCUT2D eigenvalue weighted by Gasteiger charge is -2.10. The fraction of sp³-hybridized carbons (Fsp3) is 0.222. The van der Waals surface area contributed by atoms with Crippen LogP contribution in [0.2, 0.25) is 0 Å². The Morgan fingerprint density at radius 2 is 2.33 bits per heavy atom. The third kappa shape index (κ3) is 3.90. The Hall–Kier alpha value is -1.69. The van der Waals surface area contributed by atoms with Gasteiger partial charge in [-0.1, -0.05) is 0 Å². The molecule has 0 bridgehead atoms. The lowest BCUT2D eigenvalue weighted by atomic mass is 10.3. The number of nitrogens with one attached hydrogen (secondary N) is 1. The Morgan fingerprint density at radius 1 is 1.60 bits per heavy atom. The second-order valence-corrected chi connectivity index (χ2v) is 3.51. The number of pyridine rings is 1. The molecule has 0 fully saturated rings. The minimum absolute atomic E-state index is 0.135. The molecular formula is C9H13N5S. The SMILES string of the molecule is CN(C)c1ccc(/C=N/NC(N)=S)nc1. The summed E-state index contributed by atoms with van der Waals surface area (Å²) in [5, 5.41) is 3.93. The van der Waals surface area contributed by atoms with Gasteiger partial charge in [-0.3, -0.25) is 10.4 Å². The molecule has 0 amide bonds. The highest BCUT2D eigenvalue weighted by Crippen LogP contribution is 2.07. The van der Waals surface area contributed by atoms with Crippen LogP contribution in [-0.2, 0) is 0 Å². The van der Waals surface area contributed by atoms with Gasteiger partial charge in [0.25, 0.3) is 0 Å². The molecule has 1 aromatic rings. The summed E-state index contributed by atoms with van der Waals surface area (Å²) in [6.45, 7) is 0. The first-order chi connectivity index (χ1) is 7.09. The summed E-state index contributed by atoms with van der Waals surface area (Å²) in [7, 11) is 3.92. The van der Waals surface area contributed by atoms with Gasteiger partial charge in [0, 0.05) is 14.1 Å². The fourth-order valence-electron chi connectivity index (χ4n) is 0.900. The van der Waals surface area contributed by atoms with Crippen molar-refractivity contribution < 1.29 is 0 Å². The number of hydrogen-bond acceptors (Lipinski definition) is 4. The van der Waals surface area contributed by atoms with Crippen molar-refractivity contribution in [1.82, 2.24) is 10.4 Å². The zero-order valence-electron chi connectivity index (χ0n) is 8.64. The summed E-state index contributed by atoms with van der Waals surface area (Å²) in [5.41, 5.74) is 9.44. The van der Waals surface area contributed by atoms with Gasteiger partial charge < -0.3 is 10.6 Å². The second-order valence-electron chi connectivity index (χ2n) is 3.07. The van der Waals surface area contributed by atoms with Crippen LogP contribution in [0.4, 0.5) is 5.69 Å².